The van der Waals surface area contributed by atoms with Gasteiger partial charge in [0.15, 0.2) is 5.78 Å². The van der Waals surface area contributed by atoms with Crippen molar-refractivity contribution < 1.29 is 19.4 Å². The standard InChI is InChI=1S/C19H20O4/c1-2-3-4-5-18(21)23-17-12-8-15(9-13-17)19(22)14-6-10-16(20)11-7-14/h6-13,20H,2-5H2,1H3. The van der Waals surface area contributed by atoms with Gasteiger partial charge in [0.25, 0.3) is 0 Å². The van der Waals surface area contributed by atoms with E-state index in [1.165, 1.54) is 12.1 Å². The molecule has 0 radical (unpaired) electrons. The van der Waals surface area contributed by atoms with Crippen LogP contribution < -0.4 is 4.74 Å². The van der Waals surface area contributed by atoms with Crippen molar-refractivity contribution in [3.05, 3.63) is 59.7 Å². The van der Waals surface area contributed by atoms with E-state index < -0.39 is 0 Å². The SMILES string of the molecule is CCCCCC(=O)Oc1ccc(C(=O)c2ccc(O)cc2)cc1. The lowest BCUT2D eigenvalue weighted by molar-refractivity contribution is -0.134. The highest BCUT2D eigenvalue weighted by Gasteiger charge is 2.10. The Morgan fingerprint density at radius 1 is 0.913 bits per heavy atom. The Hall–Kier alpha value is -2.62. The number of benzene rings is 2. The van der Waals surface area contributed by atoms with Gasteiger partial charge in [-0.25, -0.2) is 0 Å². The van der Waals surface area contributed by atoms with Crippen molar-refractivity contribution in [3.8, 4) is 11.5 Å². The summed E-state index contributed by atoms with van der Waals surface area (Å²) >= 11 is 0. The summed E-state index contributed by atoms with van der Waals surface area (Å²) in [6, 6.07) is 12.6. The number of ether oxygens (including phenoxy) is 1. The van der Waals surface area contributed by atoms with Crippen LogP contribution in [0.5, 0.6) is 11.5 Å². The molecule has 0 bridgehead atoms. The Kier molecular flexibility index (Phi) is 5.92. The smallest absolute Gasteiger partial charge is 0.311 e. The summed E-state index contributed by atoms with van der Waals surface area (Å²) in [6.07, 6.45) is 3.30. The van der Waals surface area contributed by atoms with Crippen molar-refractivity contribution in [1.29, 1.82) is 0 Å². The molecule has 0 spiro atoms. The predicted octanol–water partition coefficient (Wildman–Crippen LogP) is 4.11. The molecule has 0 aliphatic carbocycles. The summed E-state index contributed by atoms with van der Waals surface area (Å²) < 4.78 is 5.23. The number of unbranched alkanes of at least 4 members (excludes halogenated alkanes) is 2. The summed E-state index contributed by atoms with van der Waals surface area (Å²) in [5, 5.41) is 9.25. The maximum Gasteiger partial charge on any atom is 0.311 e. The Bertz CT molecular complexity index is 657. The highest BCUT2D eigenvalue weighted by atomic mass is 16.5. The second kappa shape index (κ2) is 8.13. The van der Waals surface area contributed by atoms with Crippen molar-refractivity contribution in [1.82, 2.24) is 0 Å². The maximum absolute atomic E-state index is 12.3. The van der Waals surface area contributed by atoms with Gasteiger partial charge in [-0.3, -0.25) is 9.59 Å². The second-order valence-corrected chi connectivity index (χ2v) is 5.33. The summed E-state index contributed by atoms with van der Waals surface area (Å²) in [4.78, 5) is 23.9. The zero-order chi connectivity index (χ0) is 16.7. The molecule has 2 rings (SSSR count). The molecule has 0 saturated heterocycles. The number of esters is 1. The molecule has 4 nitrogen and oxygen atoms in total. The summed E-state index contributed by atoms with van der Waals surface area (Å²) in [5.41, 5.74) is 0.994. The first-order valence-corrected chi connectivity index (χ1v) is 7.74. The molecule has 0 aromatic heterocycles. The van der Waals surface area contributed by atoms with E-state index in [1.54, 1.807) is 36.4 Å². The highest BCUT2D eigenvalue weighted by molar-refractivity contribution is 6.09. The second-order valence-electron chi connectivity index (χ2n) is 5.33. The minimum absolute atomic E-state index is 0.117. The molecule has 0 amide bonds. The lowest BCUT2D eigenvalue weighted by Gasteiger charge is -2.06. The molecule has 2 aromatic carbocycles. The maximum atomic E-state index is 12.3. The molecule has 2 aromatic rings. The topological polar surface area (TPSA) is 63.6 Å². The number of hydrogen-bond acceptors (Lipinski definition) is 4. The lowest BCUT2D eigenvalue weighted by Crippen LogP contribution is -2.08. The molecule has 4 heteroatoms. The number of ketones is 1. The number of hydrogen-bond donors (Lipinski definition) is 1. The molecule has 0 unspecified atom stereocenters. The van der Waals surface area contributed by atoms with Crippen molar-refractivity contribution >= 4 is 11.8 Å². The molecule has 0 atom stereocenters. The van der Waals surface area contributed by atoms with Crippen molar-refractivity contribution in [2.75, 3.05) is 0 Å². The van der Waals surface area contributed by atoms with Crippen LogP contribution in [0.2, 0.25) is 0 Å². The third-order valence-corrected chi connectivity index (χ3v) is 3.46. The van der Waals surface area contributed by atoms with Crippen LogP contribution in [-0.2, 0) is 4.79 Å². The van der Waals surface area contributed by atoms with Gasteiger partial charge < -0.3 is 9.84 Å². The number of aromatic hydroxyl groups is 1. The monoisotopic (exact) mass is 312 g/mol. The van der Waals surface area contributed by atoms with Gasteiger partial charge in [0.2, 0.25) is 0 Å². The molecule has 0 fully saturated rings. The van der Waals surface area contributed by atoms with Crippen LogP contribution in [0.1, 0.15) is 48.5 Å². The summed E-state index contributed by atoms with van der Waals surface area (Å²) in [7, 11) is 0. The van der Waals surface area contributed by atoms with Gasteiger partial charge in [0.05, 0.1) is 0 Å². The summed E-state index contributed by atoms with van der Waals surface area (Å²) in [5.74, 6) is 0.155. The van der Waals surface area contributed by atoms with Crippen molar-refractivity contribution in [3.63, 3.8) is 0 Å². The third kappa shape index (κ3) is 4.95. The Labute approximate surface area is 135 Å². The van der Waals surface area contributed by atoms with Crippen LogP contribution in [0.4, 0.5) is 0 Å². The van der Waals surface area contributed by atoms with Crippen molar-refractivity contribution in [2.45, 2.75) is 32.6 Å². The largest absolute Gasteiger partial charge is 0.508 e. The minimum atomic E-state index is -0.254. The molecular weight excluding hydrogens is 292 g/mol. The molecular formula is C19H20O4. The van der Waals surface area contributed by atoms with E-state index in [0.717, 1.165) is 19.3 Å². The van der Waals surface area contributed by atoms with Gasteiger partial charge >= 0.3 is 5.97 Å². The average molecular weight is 312 g/mol. The first-order chi connectivity index (χ1) is 11.1. The van der Waals surface area contributed by atoms with Crippen LogP contribution in [0.15, 0.2) is 48.5 Å². The molecule has 0 heterocycles. The minimum Gasteiger partial charge on any atom is -0.508 e. The van der Waals surface area contributed by atoms with E-state index in [1.807, 2.05) is 0 Å². The number of phenols is 1. The Morgan fingerprint density at radius 3 is 2.04 bits per heavy atom. The van der Waals surface area contributed by atoms with Gasteiger partial charge in [0.1, 0.15) is 11.5 Å². The fraction of sp³-hybridized carbons (Fsp3) is 0.263. The van der Waals surface area contributed by atoms with Crippen LogP contribution in [0, 0.1) is 0 Å². The molecule has 0 aliphatic rings. The predicted molar refractivity (Wildman–Crippen MR) is 87.8 cm³/mol. The third-order valence-electron chi connectivity index (χ3n) is 3.46. The molecule has 23 heavy (non-hydrogen) atoms. The van der Waals surface area contributed by atoms with Crippen LogP contribution in [-0.4, -0.2) is 16.9 Å². The van der Waals surface area contributed by atoms with E-state index in [0.29, 0.717) is 23.3 Å². The number of carbonyl (C=O) groups is 2. The summed E-state index contributed by atoms with van der Waals surface area (Å²) in [6.45, 7) is 2.08. The number of rotatable bonds is 7. The zero-order valence-corrected chi connectivity index (χ0v) is 13.1. The van der Waals surface area contributed by atoms with Crippen molar-refractivity contribution in [2.24, 2.45) is 0 Å². The fourth-order valence-corrected chi connectivity index (χ4v) is 2.16. The van der Waals surface area contributed by atoms with E-state index in [9.17, 15) is 14.7 Å². The fourth-order valence-electron chi connectivity index (χ4n) is 2.16. The number of carbonyl (C=O) groups excluding carboxylic acids is 2. The quantitative estimate of drug-likeness (QED) is 0.362. The molecule has 1 N–H and O–H groups in total. The van der Waals surface area contributed by atoms with E-state index in [2.05, 4.69) is 6.92 Å². The lowest BCUT2D eigenvalue weighted by atomic mass is 10.0. The van der Waals surface area contributed by atoms with Crippen LogP contribution >= 0.6 is 0 Å². The first-order valence-electron chi connectivity index (χ1n) is 7.74. The molecule has 120 valence electrons. The van der Waals surface area contributed by atoms with Gasteiger partial charge in [-0.1, -0.05) is 19.8 Å². The van der Waals surface area contributed by atoms with E-state index in [-0.39, 0.29) is 17.5 Å². The molecule has 0 aliphatic heterocycles. The van der Waals surface area contributed by atoms with Gasteiger partial charge in [-0.2, -0.15) is 0 Å². The van der Waals surface area contributed by atoms with E-state index in [4.69, 9.17) is 4.74 Å². The normalized spacial score (nSPS) is 10.3. The van der Waals surface area contributed by atoms with Gasteiger partial charge in [-0.15, -0.1) is 0 Å². The molecule has 0 saturated carbocycles. The average Bonchev–Trinajstić information content (AvgIpc) is 2.56. The van der Waals surface area contributed by atoms with Gasteiger partial charge in [-0.05, 0) is 55.0 Å². The Balaban J connectivity index is 1.97. The van der Waals surface area contributed by atoms with Crippen LogP contribution in [0.3, 0.4) is 0 Å². The Morgan fingerprint density at radius 2 is 1.48 bits per heavy atom. The highest BCUT2D eigenvalue weighted by Crippen LogP contribution is 2.18. The first kappa shape index (κ1) is 16.7. The van der Waals surface area contributed by atoms with Gasteiger partial charge in [0, 0.05) is 17.5 Å². The number of phenolic OH excluding ortho intramolecular Hbond substituents is 1. The van der Waals surface area contributed by atoms with Crippen LogP contribution in [0.25, 0.3) is 0 Å². The zero-order valence-electron chi connectivity index (χ0n) is 13.1. The van der Waals surface area contributed by atoms with E-state index >= 15 is 0 Å².